The molecule has 0 rings (SSSR count). The molecule has 0 atom stereocenters. The van der Waals surface area contributed by atoms with Gasteiger partial charge in [-0.05, 0) is 0 Å². The van der Waals surface area contributed by atoms with Crippen LogP contribution in [0.5, 0.6) is 0 Å². The van der Waals surface area contributed by atoms with E-state index in [2.05, 4.69) is 21.0 Å². The second kappa shape index (κ2) is 10.9. The van der Waals surface area contributed by atoms with Gasteiger partial charge in [-0.1, -0.05) is 0 Å². The van der Waals surface area contributed by atoms with Crippen molar-refractivity contribution in [3.63, 3.8) is 0 Å². The summed E-state index contributed by atoms with van der Waals surface area (Å²) in [6.07, 6.45) is 1.04. The first kappa shape index (κ1) is 16.0. The summed E-state index contributed by atoms with van der Waals surface area (Å²) in [5.41, 5.74) is 0. The number of hydrogen-bond donors (Lipinski definition) is 1. The van der Waals surface area contributed by atoms with Gasteiger partial charge in [0.05, 0.1) is 14.1 Å². The van der Waals surface area contributed by atoms with Crippen LogP contribution in [0.3, 0.4) is 0 Å². The fraction of sp³-hybridized carbons (Fsp3) is 0.800. The Morgan fingerprint density at radius 3 is 1.75 bits per heavy atom. The van der Waals surface area contributed by atoms with E-state index < -0.39 is 0 Å². The Labute approximate surface area is 74.4 Å². The van der Waals surface area contributed by atoms with Gasteiger partial charge < -0.3 is 24.2 Å². The van der Waals surface area contributed by atoms with Crippen molar-refractivity contribution in [2.45, 2.75) is 6.42 Å². The summed E-state index contributed by atoms with van der Waals surface area (Å²) in [5.74, 6) is 0. The summed E-state index contributed by atoms with van der Waals surface area (Å²) in [4.78, 5) is 1.48. The van der Waals surface area contributed by atoms with Crippen molar-refractivity contribution in [3.8, 4) is 0 Å². The molecule has 0 heterocycles. The molecule has 0 aliphatic heterocycles. The average Bonchev–Trinajstić information content (AvgIpc) is 1.35. The van der Waals surface area contributed by atoms with E-state index in [1.807, 2.05) is 0 Å². The number of rotatable bonds is 2. The SMILES string of the molecule is [CH2-]CC[NH+](C)C.[Cl-].[Mg+2]. The van der Waals surface area contributed by atoms with Crippen molar-refractivity contribution in [2.24, 2.45) is 0 Å². The van der Waals surface area contributed by atoms with E-state index >= 15 is 0 Å². The van der Waals surface area contributed by atoms with Crippen molar-refractivity contribution >= 4 is 23.1 Å². The Bertz CT molecular complexity index is 33.6. The summed E-state index contributed by atoms with van der Waals surface area (Å²) in [6.45, 7) is 4.89. The molecule has 0 radical (unpaired) electrons. The van der Waals surface area contributed by atoms with E-state index in [4.69, 9.17) is 0 Å². The maximum absolute atomic E-state index is 3.70. The molecule has 0 aliphatic rings. The Balaban J connectivity index is -0.000000125. The van der Waals surface area contributed by atoms with E-state index in [-0.39, 0.29) is 35.5 Å². The first-order valence-electron chi connectivity index (χ1n) is 2.35. The smallest absolute Gasteiger partial charge is 1.00 e. The maximum atomic E-state index is 3.70. The summed E-state index contributed by atoms with van der Waals surface area (Å²) >= 11 is 0. The molecule has 0 saturated heterocycles. The second-order valence-electron chi connectivity index (χ2n) is 1.81. The van der Waals surface area contributed by atoms with Gasteiger partial charge in [0.25, 0.3) is 0 Å². The molecule has 0 bridgehead atoms. The van der Waals surface area contributed by atoms with Gasteiger partial charge in [-0.2, -0.15) is 0 Å². The molecule has 0 amide bonds. The molecule has 46 valence electrons. The molecule has 0 fully saturated rings. The third-order valence-electron chi connectivity index (χ3n) is 0.677. The largest absolute Gasteiger partial charge is 2.00 e. The number of quaternary nitrogens is 1. The van der Waals surface area contributed by atoms with E-state index in [9.17, 15) is 0 Å². The van der Waals surface area contributed by atoms with Crippen molar-refractivity contribution in [1.82, 2.24) is 0 Å². The Morgan fingerprint density at radius 1 is 1.38 bits per heavy atom. The van der Waals surface area contributed by atoms with Crippen molar-refractivity contribution in [1.29, 1.82) is 0 Å². The predicted octanol–water partition coefficient (Wildman–Crippen LogP) is -4.02. The minimum absolute atomic E-state index is 0. The maximum Gasteiger partial charge on any atom is 2.00 e. The zero-order chi connectivity index (χ0) is 4.99. The van der Waals surface area contributed by atoms with Crippen LogP contribution in [0, 0.1) is 6.92 Å². The van der Waals surface area contributed by atoms with Gasteiger partial charge in [-0.25, -0.2) is 0 Å². The van der Waals surface area contributed by atoms with E-state index in [1.165, 1.54) is 11.4 Å². The van der Waals surface area contributed by atoms with E-state index in [0.29, 0.717) is 0 Å². The minimum Gasteiger partial charge on any atom is -1.00 e. The van der Waals surface area contributed by atoms with Crippen LogP contribution in [0.1, 0.15) is 6.42 Å². The molecule has 3 heteroatoms. The third kappa shape index (κ3) is 15.7. The van der Waals surface area contributed by atoms with Gasteiger partial charge in [0.2, 0.25) is 0 Å². The van der Waals surface area contributed by atoms with Gasteiger partial charge in [-0.15, -0.1) is 6.42 Å². The van der Waals surface area contributed by atoms with E-state index in [0.717, 1.165) is 6.42 Å². The third-order valence-corrected chi connectivity index (χ3v) is 0.677. The van der Waals surface area contributed by atoms with Gasteiger partial charge in [0.1, 0.15) is 0 Å². The van der Waals surface area contributed by atoms with Crippen LogP contribution in [0.4, 0.5) is 0 Å². The number of hydrogen-bond acceptors (Lipinski definition) is 0. The van der Waals surface area contributed by atoms with Crippen molar-refractivity contribution < 1.29 is 17.3 Å². The molecule has 0 aromatic rings. The Hall–Kier alpha value is 1.02. The molecular weight excluding hydrogens is 134 g/mol. The average molecular weight is 147 g/mol. The van der Waals surface area contributed by atoms with Gasteiger partial charge in [0.15, 0.2) is 0 Å². The fourth-order valence-electron chi connectivity index (χ4n) is 0.354. The second-order valence-corrected chi connectivity index (χ2v) is 1.81. The summed E-state index contributed by atoms with van der Waals surface area (Å²) in [6, 6.07) is 0. The predicted molar refractivity (Wildman–Crippen MR) is 33.4 cm³/mol. The molecule has 1 N–H and O–H groups in total. The zero-order valence-electron chi connectivity index (χ0n) is 5.71. The van der Waals surface area contributed by atoms with Crippen LogP contribution < -0.4 is 17.3 Å². The van der Waals surface area contributed by atoms with Gasteiger partial charge in [0, 0.05) is 6.54 Å². The first-order chi connectivity index (χ1) is 2.77. The van der Waals surface area contributed by atoms with Crippen LogP contribution in [-0.2, 0) is 0 Å². The molecule has 0 unspecified atom stereocenters. The molecule has 0 saturated carbocycles. The molecular formula is C5H13ClMgN+. The molecule has 0 spiro atoms. The monoisotopic (exact) mass is 146 g/mol. The zero-order valence-corrected chi connectivity index (χ0v) is 7.88. The molecule has 0 aliphatic carbocycles. The number of halogens is 1. The Kier molecular flexibility index (Phi) is 21.8. The Morgan fingerprint density at radius 2 is 1.75 bits per heavy atom. The molecule has 0 aromatic carbocycles. The number of nitrogens with one attached hydrogen (secondary N) is 1. The van der Waals surface area contributed by atoms with E-state index in [1.54, 1.807) is 0 Å². The molecule has 0 aromatic heterocycles. The van der Waals surface area contributed by atoms with Crippen molar-refractivity contribution in [3.05, 3.63) is 6.92 Å². The summed E-state index contributed by atoms with van der Waals surface area (Å²) in [7, 11) is 4.26. The van der Waals surface area contributed by atoms with Crippen LogP contribution in [0.25, 0.3) is 0 Å². The quantitative estimate of drug-likeness (QED) is 0.299. The minimum atomic E-state index is 0. The van der Waals surface area contributed by atoms with Crippen LogP contribution in [0.2, 0.25) is 0 Å². The standard InChI is InChI=1S/C5H12N.ClH.Mg/c1-4-5-6(2)3;;/h1,4-5H2,2-3H3;1H;/q-1;;+2. The van der Waals surface area contributed by atoms with Crippen LogP contribution in [0.15, 0.2) is 0 Å². The van der Waals surface area contributed by atoms with Crippen LogP contribution in [-0.4, -0.2) is 43.7 Å². The van der Waals surface area contributed by atoms with Crippen LogP contribution >= 0.6 is 0 Å². The summed E-state index contributed by atoms with van der Waals surface area (Å²) in [5, 5.41) is 0. The topological polar surface area (TPSA) is 4.44 Å². The van der Waals surface area contributed by atoms with Crippen molar-refractivity contribution in [2.75, 3.05) is 20.6 Å². The fourth-order valence-corrected chi connectivity index (χ4v) is 0.354. The molecule has 8 heavy (non-hydrogen) atoms. The normalized spacial score (nSPS) is 7.50. The van der Waals surface area contributed by atoms with Gasteiger partial charge in [-0.3, -0.25) is 0 Å². The summed E-state index contributed by atoms with van der Waals surface area (Å²) < 4.78 is 0. The first-order valence-corrected chi connectivity index (χ1v) is 2.35. The van der Waals surface area contributed by atoms with Gasteiger partial charge >= 0.3 is 23.1 Å². The molecule has 1 nitrogen and oxygen atoms in total.